The Hall–Kier alpha value is -0.860. The predicted molar refractivity (Wildman–Crippen MR) is 77.8 cm³/mol. The fourth-order valence-electron chi connectivity index (χ4n) is 2.80. The van der Waals surface area contributed by atoms with Gasteiger partial charge in [-0.15, -0.1) is 0 Å². The summed E-state index contributed by atoms with van der Waals surface area (Å²) in [6.45, 7) is 9.05. The SMILES string of the molecule is Cc1ccc(CN(C)CC2CCCNC2)cc1C. The van der Waals surface area contributed by atoms with Gasteiger partial charge in [-0.25, -0.2) is 0 Å². The lowest BCUT2D eigenvalue weighted by Gasteiger charge is -2.27. The molecule has 0 amide bonds. The van der Waals surface area contributed by atoms with Gasteiger partial charge in [0.15, 0.2) is 0 Å². The van der Waals surface area contributed by atoms with Gasteiger partial charge in [-0.1, -0.05) is 18.2 Å². The third kappa shape index (κ3) is 3.82. The molecule has 1 unspecified atom stereocenters. The number of nitrogens with one attached hydrogen (secondary N) is 1. The largest absolute Gasteiger partial charge is 0.316 e. The van der Waals surface area contributed by atoms with Crippen LogP contribution in [0.1, 0.15) is 29.5 Å². The molecule has 0 aliphatic carbocycles. The van der Waals surface area contributed by atoms with Crippen molar-refractivity contribution in [1.29, 1.82) is 0 Å². The Bertz CT molecular complexity index is 381. The van der Waals surface area contributed by atoms with Gasteiger partial charge in [0.25, 0.3) is 0 Å². The minimum atomic E-state index is 0.829. The van der Waals surface area contributed by atoms with E-state index in [0.717, 1.165) is 12.5 Å². The van der Waals surface area contributed by atoms with Crippen LogP contribution in [0.15, 0.2) is 18.2 Å². The number of piperidine rings is 1. The van der Waals surface area contributed by atoms with Crippen molar-refractivity contribution in [2.45, 2.75) is 33.2 Å². The van der Waals surface area contributed by atoms with Crippen molar-refractivity contribution in [1.82, 2.24) is 10.2 Å². The molecule has 1 heterocycles. The van der Waals surface area contributed by atoms with Crippen molar-refractivity contribution >= 4 is 0 Å². The zero-order valence-corrected chi connectivity index (χ0v) is 12.0. The van der Waals surface area contributed by atoms with Crippen LogP contribution >= 0.6 is 0 Å². The molecule has 0 radical (unpaired) electrons. The zero-order valence-electron chi connectivity index (χ0n) is 12.0. The van der Waals surface area contributed by atoms with Crippen molar-refractivity contribution in [2.75, 3.05) is 26.7 Å². The van der Waals surface area contributed by atoms with Gasteiger partial charge in [-0.05, 0) is 69.4 Å². The van der Waals surface area contributed by atoms with Crippen LogP contribution in [0.4, 0.5) is 0 Å². The Labute approximate surface area is 111 Å². The fourth-order valence-corrected chi connectivity index (χ4v) is 2.80. The molecule has 1 aliphatic rings. The number of hydrogen-bond donors (Lipinski definition) is 1. The van der Waals surface area contributed by atoms with E-state index in [0.29, 0.717) is 0 Å². The third-order valence-corrected chi connectivity index (χ3v) is 3.99. The van der Waals surface area contributed by atoms with Crippen LogP contribution in [0.5, 0.6) is 0 Å². The first-order valence-electron chi connectivity index (χ1n) is 7.10. The van der Waals surface area contributed by atoms with Crippen LogP contribution in [0.2, 0.25) is 0 Å². The van der Waals surface area contributed by atoms with E-state index in [-0.39, 0.29) is 0 Å². The molecule has 1 atom stereocenters. The summed E-state index contributed by atoms with van der Waals surface area (Å²) in [4.78, 5) is 2.46. The van der Waals surface area contributed by atoms with Gasteiger partial charge in [0.05, 0.1) is 0 Å². The maximum Gasteiger partial charge on any atom is 0.0230 e. The quantitative estimate of drug-likeness (QED) is 0.879. The summed E-state index contributed by atoms with van der Waals surface area (Å²) in [6.07, 6.45) is 2.71. The van der Waals surface area contributed by atoms with Crippen LogP contribution in [0, 0.1) is 19.8 Å². The molecule has 100 valence electrons. The summed E-state index contributed by atoms with van der Waals surface area (Å²) in [5.41, 5.74) is 4.22. The molecule has 1 aromatic carbocycles. The number of aryl methyl sites for hydroxylation is 2. The predicted octanol–water partition coefficient (Wildman–Crippen LogP) is 2.73. The Morgan fingerprint density at radius 2 is 2.11 bits per heavy atom. The van der Waals surface area contributed by atoms with Crippen molar-refractivity contribution < 1.29 is 0 Å². The molecular weight excluding hydrogens is 220 g/mol. The number of hydrogen-bond acceptors (Lipinski definition) is 2. The summed E-state index contributed by atoms with van der Waals surface area (Å²) in [5.74, 6) is 0.829. The van der Waals surface area contributed by atoms with E-state index in [1.54, 1.807) is 0 Å². The van der Waals surface area contributed by atoms with E-state index >= 15 is 0 Å². The maximum absolute atomic E-state index is 3.49. The van der Waals surface area contributed by atoms with E-state index in [1.807, 2.05) is 0 Å². The van der Waals surface area contributed by atoms with E-state index < -0.39 is 0 Å². The number of rotatable bonds is 4. The van der Waals surface area contributed by atoms with Crippen molar-refractivity contribution in [3.8, 4) is 0 Å². The average molecular weight is 246 g/mol. The topological polar surface area (TPSA) is 15.3 Å². The molecule has 0 spiro atoms. The molecule has 2 rings (SSSR count). The molecule has 2 nitrogen and oxygen atoms in total. The molecule has 1 saturated heterocycles. The Morgan fingerprint density at radius 3 is 2.78 bits per heavy atom. The maximum atomic E-state index is 3.49. The first kappa shape index (κ1) is 13.6. The number of nitrogens with zero attached hydrogens (tertiary/aromatic N) is 1. The van der Waals surface area contributed by atoms with Crippen LogP contribution in [-0.2, 0) is 6.54 Å². The Morgan fingerprint density at radius 1 is 1.28 bits per heavy atom. The molecule has 0 bridgehead atoms. The normalized spacial score (nSPS) is 20.3. The summed E-state index contributed by atoms with van der Waals surface area (Å²) >= 11 is 0. The van der Waals surface area contributed by atoms with Gasteiger partial charge in [0, 0.05) is 13.1 Å². The van der Waals surface area contributed by atoms with Crippen molar-refractivity contribution in [3.05, 3.63) is 34.9 Å². The molecule has 1 fully saturated rings. The highest BCUT2D eigenvalue weighted by Gasteiger charge is 2.14. The number of benzene rings is 1. The van der Waals surface area contributed by atoms with Crippen LogP contribution in [-0.4, -0.2) is 31.6 Å². The average Bonchev–Trinajstić information content (AvgIpc) is 2.35. The van der Waals surface area contributed by atoms with Gasteiger partial charge in [0.2, 0.25) is 0 Å². The van der Waals surface area contributed by atoms with Gasteiger partial charge in [-0.3, -0.25) is 0 Å². The highest BCUT2D eigenvalue weighted by Crippen LogP contribution is 2.14. The van der Waals surface area contributed by atoms with Gasteiger partial charge in [0.1, 0.15) is 0 Å². The lowest BCUT2D eigenvalue weighted by atomic mass is 9.99. The van der Waals surface area contributed by atoms with E-state index in [1.165, 1.54) is 49.2 Å². The summed E-state index contributed by atoms with van der Waals surface area (Å²) < 4.78 is 0. The Kier molecular flexibility index (Phi) is 4.79. The lowest BCUT2D eigenvalue weighted by Crippen LogP contribution is -2.36. The standard InChI is InChI=1S/C16H26N2/c1-13-6-7-15(9-14(13)2)11-18(3)12-16-5-4-8-17-10-16/h6-7,9,16-17H,4-5,8,10-12H2,1-3H3. The van der Waals surface area contributed by atoms with Gasteiger partial charge >= 0.3 is 0 Å². The molecule has 0 saturated carbocycles. The monoisotopic (exact) mass is 246 g/mol. The fraction of sp³-hybridized carbons (Fsp3) is 0.625. The smallest absolute Gasteiger partial charge is 0.0230 e. The first-order valence-corrected chi connectivity index (χ1v) is 7.10. The van der Waals surface area contributed by atoms with Crippen LogP contribution in [0.3, 0.4) is 0 Å². The minimum Gasteiger partial charge on any atom is -0.316 e. The van der Waals surface area contributed by atoms with E-state index in [4.69, 9.17) is 0 Å². The summed E-state index contributed by atoms with van der Waals surface area (Å²) in [7, 11) is 2.24. The van der Waals surface area contributed by atoms with Crippen LogP contribution in [0.25, 0.3) is 0 Å². The highest BCUT2D eigenvalue weighted by atomic mass is 15.1. The molecule has 1 aliphatic heterocycles. The second-order valence-corrected chi connectivity index (χ2v) is 5.83. The van der Waals surface area contributed by atoms with Crippen molar-refractivity contribution in [2.24, 2.45) is 5.92 Å². The third-order valence-electron chi connectivity index (χ3n) is 3.99. The molecular formula is C16H26N2. The minimum absolute atomic E-state index is 0.829. The molecule has 18 heavy (non-hydrogen) atoms. The first-order chi connectivity index (χ1) is 8.65. The zero-order chi connectivity index (χ0) is 13.0. The molecule has 1 aromatic rings. The molecule has 0 aromatic heterocycles. The lowest BCUT2D eigenvalue weighted by molar-refractivity contribution is 0.237. The van der Waals surface area contributed by atoms with Gasteiger partial charge in [-0.2, -0.15) is 0 Å². The van der Waals surface area contributed by atoms with Crippen molar-refractivity contribution in [3.63, 3.8) is 0 Å². The summed E-state index contributed by atoms with van der Waals surface area (Å²) in [5, 5.41) is 3.49. The van der Waals surface area contributed by atoms with Gasteiger partial charge < -0.3 is 10.2 Å². The van der Waals surface area contributed by atoms with E-state index in [9.17, 15) is 0 Å². The highest BCUT2D eigenvalue weighted by molar-refractivity contribution is 5.29. The summed E-state index contributed by atoms with van der Waals surface area (Å²) in [6, 6.07) is 6.82. The molecule has 2 heteroatoms. The second-order valence-electron chi connectivity index (χ2n) is 5.83. The Balaban J connectivity index is 1.85. The molecule has 1 N–H and O–H groups in total. The second kappa shape index (κ2) is 6.35. The van der Waals surface area contributed by atoms with E-state index in [2.05, 4.69) is 49.3 Å². The van der Waals surface area contributed by atoms with Crippen LogP contribution < -0.4 is 5.32 Å².